The van der Waals surface area contributed by atoms with Crippen molar-refractivity contribution in [2.24, 2.45) is 5.92 Å². The van der Waals surface area contributed by atoms with Crippen LogP contribution in [-0.2, 0) is 4.79 Å². The first-order chi connectivity index (χ1) is 11.7. The number of hydrogen-bond donors (Lipinski definition) is 1. The first kappa shape index (κ1) is 18.3. The van der Waals surface area contributed by atoms with Gasteiger partial charge in [0, 0.05) is 13.1 Å². The lowest BCUT2D eigenvalue weighted by Gasteiger charge is -2.32. The Kier molecular flexibility index (Phi) is 7.12. The average molecular weight is 332 g/mol. The van der Waals surface area contributed by atoms with Gasteiger partial charge >= 0.3 is 0 Å². The van der Waals surface area contributed by atoms with Crippen molar-refractivity contribution in [3.8, 4) is 11.5 Å². The van der Waals surface area contributed by atoms with Crippen LogP contribution in [0.5, 0.6) is 11.5 Å². The zero-order valence-corrected chi connectivity index (χ0v) is 14.9. The lowest BCUT2D eigenvalue weighted by atomic mass is 9.98. The van der Waals surface area contributed by atoms with Crippen LogP contribution in [0.1, 0.15) is 25.3 Å². The van der Waals surface area contributed by atoms with Gasteiger partial charge in [-0.05, 0) is 57.0 Å². The van der Waals surface area contributed by atoms with Gasteiger partial charge in [-0.25, -0.2) is 0 Å². The van der Waals surface area contributed by atoms with E-state index in [1.807, 2.05) is 49.2 Å². The van der Waals surface area contributed by atoms with Crippen LogP contribution in [0.4, 0.5) is 0 Å². The molecule has 1 aromatic rings. The zero-order chi connectivity index (χ0) is 17.4. The standard InChI is InChI=1S/C19H28N2O3/c1-4-6-15-8-9-17(18(11-15)23-3)24-14-19(22)21-10-5-7-16(13-21)12-20-2/h4,6,8-9,11,16,20H,5,7,10,12-14H2,1-3H3. The van der Waals surface area contributed by atoms with E-state index < -0.39 is 0 Å². The molecular formula is C19H28N2O3. The van der Waals surface area contributed by atoms with Crippen molar-refractivity contribution in [1.29, 1.82) is 0 Å². The molecule has 5 nitrogen and oxygen atoms in total. The highest BCUT2D eigenvalue weighted by atomic mass is 16.5. The fourth-order valence-corrected chi connectivity index (χ4v) is 3.08. The summed E-state index contributed by atoms with van der Waals surface area (Å²) in [6, 6.07) is 5.71. The number of nitrogens with zero attached hydrogens (tertiary/aromatic N) is 1. The second-order valence-electron chi connectivity index (χ2n) is 6.10. The molecule has 1 heterocycles. The van der Waals surface area contributed by atoms with Crippen LogP contribution in [-0.4, -0.2) is 51.2 Å². The third-order valence-corrected chi connectivity index (χ3v) is 4.26. The van der Waals surface area contributed by atoms with Gasteiger partial charge in [0.2, 0.25) is 0 Å². The maximum atomic E-state index is 12.4. The molecule has 0 bridgehead atoms. The second kappa shape index (κ2) is 9.33. The normalized spacial score (nSPS) is 18.0. The van der Waals surface area contributed by atoms with E-state index >= 15 is 0 Å². The van der Waals surface area contributed by atoms with Crippen molar-refractivity contribution in [2.75, 3.05) is 40.4 Å². The molecule has 1 N–H and O–H groups in total. The van der Waals surface area contributed by atoms with Crippen LogP contribution in [0.2, 0.25) is 0 Å². The van der Waals surface area contributed by atoms with Crippen molar-refractivity contribution in [3.63, 3.8) is 0 Å². The molecule has 0 radical (unpaired) electrons. The van der Waals surface area contributed by atoms with Gasteiger partial charge in [0.1, 0.15) is 0 Å². The van der Waals surface area contributed by atoms with Gasteiger partial charge in [0.15, 0.2) is 18.1 Å². The van der Waals surface area contributed by atoms with E-state index in [0.717, 1.165) is 31.6 Å². The van der Waals surface area contributed by atoms with E-state index in [9.17, 15) is 4.79 Å². The summed E-state index contributed by atoms with van der Waals surface area (Å²) in [5.74, 6) is 1.81. The summed E-state index contributed by atoms with van der Waals surface area (Å²) in [5.41, 5.74) is 1.04. The number of amides is 1. The molecule has 1 amide bonds. The third-order valence-electron chi connectivity index (χ3n) is 4.26. The number of methoxy groups -OCH3 is 1. The minimum absolute atomic E-state index is 0.0374. The molecule has 2 rings (SSSR count). The Labute approximate surface area is 144 Å². The second-order valence-corrected chi connectivity index (χ2v) is 6.10. The van der Waals surface area contributed by atoms with Crippen LogP contribution >= 0.6 is 0 Å². The molecule has 1 aliphatic heterocycles. The molecule has 0 aromatic heterocycles. The lowest BCUT2D eigenvalue weighted by molar-refractivity contribution is -0.135. The van der Waals surface area contributed by atoms with E-state index in [-0.39, 0.29) is 12.5 Å². The number of carbonyl (C=O) groups excluding carboxylic acids is 1. The predicted molar refractivity (Wildman–Crippen MR) is 96.4 cm³/mol. The fourth-order valence-electron chi connectivity index (χ4n) is 3.08. The van der Waals surface area contributed by atoms with Crippen molar-refractivity contribution >= 4 is 12.0 Å². The third kappa shape index (κ3) is 4.99. The summed E-state index contributed by atoms with van der Waals surface area (Å²) in [5, 5.41) is 3.19. The Balaban J connectivity index is 1.93. The quantitative estimate of drug-likeness (QED) is 0.834. The number of rotatable bonds is 7. The van der Waals surface area contributed by atoms with Crippen LogP contribution in [0, 0.1) is 5.92 Å². The summed E-state index contributed by atoms with van der Waals surface area (Å²) in [4.78, 5) is 14.3. The lowest BCUT2D eigenvalue weighted by Crippen LogP contribution is -2.44. The summed E-state index contributed by atoms with van der Waals surface area (Å²) < 4.78 is 11.1. The number of carbonyl (C=O) groups is 1. The number of allylic oxidation sites excluding steroid dienone is 1. The van der Waals surface area contributed by atoms with Crippen LogP contribution in [0.3, 0.4) is 0 Å². The van der Waals surface area contributed by atoms with E-state index in [1.165, 1.54) is 6.42 Å². The van der Waals surface area contributed by atoms with E-state index in [1.54, 1.807) is 7.11 Å². The number of likely N-dealkylation sites (tertiary alicyclic amines) is 1. The molecule has 0 aliphatic carbocycles. The van der Waals surface area contributed by atoms with Gasteiger partial charge in [-0.2, -0.15) is 0 Å². The van der Waals surface area contributed by atoms with Gasteiger partial charge in [-0.15, -0.1) is 0 Å². The number of hydrogen-bond acceptors (Lipinski definition) is 4. The molecule has 1 atom stereocenters. The Morgan fingerprint density at radius 2 is 2.25 bits per heavy atom. The smallest absolute Gasteiger partial charge is 0.260 e. The largest absolute Gasteiger partial charge is 0.493 e. The fraction of sp³-hybridized carbons (Fsp3) is 0.526. The van der Waals surface area contributed by atoms with E-state index in [2.05, 4.69) is 5.32 Å². The Bertz CT molecular complexity index is 570. The highest BCUT2D eigenvalue weighted by Gasteiger charge is 2.23. The number of ether oxygens (including phenoxy) is 2. The highest BCUT2D eigenvalue weighted by molar-refractivity contribution is 5.78. The highest BCUT2D eigenvalue weighted by Crippen LogP contribution is 2.28. The summed E-state index contributed by atoms with van der Waals surface area (Å²) >= 11 is 0. The van der Waals surface area contributed by atoms with Crippen LogP contribution in [0.25, 0.3) is 6.08 Å². The molecule has 24 heavy (non-hydrogen) atoms. The van der Waals surface area contributed by atoms with E-state index in [4.69, 9.17) is 9.47 Å². The summed E-state index contributed by atoms with van der Waals surface area (Å²) in [6.07, 6.45) is 6.19. The maximum Gasteiger partial charge on any atom is 0.260 e. The van der Waals surface area contributed by atoms with Crippen molar-refractivity contribution in [3.05, 3.63) is 29.8 Å². The SMILES string of the molecule is CC=Cc1ccc(OCC(=O)N2CCCC(CNC)C2)c(OC)c1. The number of piperidine rings is 1. The zero-order valence-electron chi connectivity index (χ0n) is 14.9. The first-order valence-corrected chi connectivity index (χ1v) is 8.53. The Morgan fingerprint density at radius 1 is 1.42 bits per heavy atom. The minimum atomic E-state index is 0.0374. The van der Waals surface area contributed by atoms with Gasteiger partial charge in [-0.1, -0.05) is 18.2 Å². The monoisotopic (exact) mass is 332 g/mol. The van der Waals surface area contributed by atoms with Crippen LogP contribution < -0.4 is 14.8 Å². The molecule has 1 aliphatic rings. The molecule has 1 unspecified atom stereocenters. The molecule has 1 saturated heterocycles. The van der Waals surface area contributed by atoms with Gasteiger partial charge in [0.05, 0.1) is 7.11 Å². The molecule has 0 spiro atoms. The van der Waals surface area contributed by atoms with Gasteiger partial charge in [0.25, 0.3) is 5.91 Å². The van der Waals surface area contributed by atoms with Gasteiger partial charge in [-0.3, -0.25) is 4.79 Å². The van der Waals surface area contributed by atoms with Crippen LogP contribution in [0.15, 0.2) is 24.3 Å². The molecule has 1 aromatic carbocycles. The van der Waals surface area contributed by atoms with E-state index in [0.29, 0.717) is 17.4 Å². The van der Waals surface area contributed by atoms with Crippen molar-refractivity contribution < 1.29 is 14.3 Å². The average Bonchev–Trinajstić information content (AvgIpc) is 2.61. The predicted octanol–water partition coefficient (Wildman–Crippen LogP) is 2.57. The van der Waals surface area contributed by atoms with Crippen molar-refractivity contribution in [2.45, 2.75) is 19.8 Å². The molecule has 1 fully saturated rings. The van der Waals surface area contributed by atoms with Gasteiger partial charge < -0.3 is 19.7 Å². The minimum Gasteiger partial charge on any atom is -0.493 e. The number of benzene rings is 1. The topological polar surface area (TPSA) is 50.8 Å². The summed E-state index contributed by atoms with van der Waals surface area (Å²) in [6.45, 7) is 4.59. The first-order valence-electron chi connectivity index (χ1n) is 8.53. The Morgan fingerprint density at radius 3 is 2.96 bits per heavy atom. The molecule has 0 saturated carbocycles. The molecule has 5 heteroatoms. The summed E-state index contributed by atoms with van der Waals surface area (Å²) in [7, 11) is 3.56. The molecular weight excluding hydrogens is 304 g/mol. The molecule has 132 valence electrons. The van der Waals surface area contributed by atoms with Crippen molar-refractivity contribution in [1.82, 2.24) is 10.2 Å². The number of nitrogens with one attached hydrogen (secondary N) is 1. The Hall–Kier alpha value is -2.01. The maximum absolute atomic E-state index is 12.4.